The minimum Gasteiger partial charge on any atom is -0.393 e. The summed E-state index contributed by atoms with van der Waals surface area (Å²) < 4.78 is 0. The Labute approximate surface area is 218 Å². The van der Waals surface area contributed by atoms with Crippen LogP contribution < -0.4 is 0 Å². The molecule has 0 heterocycles. The van der Waals surface area contributed by atoms with E-state index < -0.39 is 17.8 Å². The summed E-state index contributed by atoms with van der Waals surface area (Å²) in [6, 6.07) is 10.8. The van der Waals surface area contributed by atoms with Crippen LogP contribution in [0.5, 0.6) is 0 Å². The maximum Gasteiger partial charge on any atom is 0.0811 e. The summed E-state index contributed by atoms with van der Waals surface area (Å²) in [5.41, 5.74) is 4.02. The molecule has 3 N–H and O–H groups in total. The molecule has 3 fully saturated rings. The number of benzene rings is 1. The Morgan fingerprint density at radius 2 is 1.83 bits per heavy atom. The van der Waals surface area contributed by atoms with Crippen LogP contribution in [0.4, 0.5) is 0 Å². The van der Waals surface area contributed by atoms with E-state index in [4.69, 9.17) is 0 Å². The normalized spacial score (nSPS) is 35.4. The average molecular weight is 491 g/mol. The standard InChI is InChI=1S/C33H46O3/c1-22-26(20-27(34)21-31(22)35)14-13-25-12-9-18-33(5)29(15-16-30(25)33)23(2)28(17-19-32(3,4)36)24-10-7-6-8-11-24/h6-8,10-11,13-14,17,19,23,27-31,34-36H,1,9,12,15-16,18,20-21H2,2-5H3/b19-17+,25-13+,26-14-/t23-,27-,28-,29-,30+,31+,33-/m1/s1. The third-order valence-corrected chi connectivity index (χ3v) is 9.40. The van der Waals surface area contributed by atoms with Crippen molar-refractivity contribution >= 4 is 0 Å². The Morgan fingerprint density at radius 3 is 2.53 bits per heavy atom. The lowest BCUT2D eigenvalue weighted by Gasteiger charge is -2.45. The van der Waals surface area contributed by atoms with Crippen molar-refractivity contribution in [3.05, 3.63) is 83.5 Å². The third-order valence-electron chi connectivity index (χ3n) is 9.40. The van der Waals surface area contributed by atoms with E-state index in [1.54, 1.807) is 0 Å². The van der Waals surface area contributed by atoms with Gasteiger partial charge in [0.2, 0.25) is 0 Å². The third kappa shape index (κ3) is 5.79. The summed E-state index contributed by atoms with van der Waals surface area (Å²) >= 11 is 0. The molecular formula is C33H46O3. The number of allylic oxidation sites excluding steroid dienone is 4. The van der Waals surface area contributed by atoms with Crippen LogP contribution in [-0.4, -0.2) is 33.1 Å². The largest absolute Gasteiger partial charge is 0.393 e. The fraction of sp³-hybridized carbons (Fsp3) is 0.576. The summed E-state index contributed by atoms with van der Waals surface area (Å²) in [7, 11) is 0. The molecular weight excluding hydrogens is 444 g/mol. The minimum atomic E-state index is -0.826. The zero-order valence-electron chi connectivity index (χ0n) is 22.7. The van der Waals surface area contributed by atoms with Gasteiger partial charge in [-0.15, -0.1) is 0 Å². The second-order valence-corrected chi connectivity index (χ2v) is 12.5. The maximum atomic E-state index is 10.4. The molecule has 196 valence electrons. The Balaban J connectivity index is 1.60. The molecule has 3 aliphatic carbocycles. The predicted octanol–water partition coefficient (Wildman–Crippen LogP) is 6.87. The summed E-state index contributed by atoms with van der Waals surface area (Å²) in [4.78, 5) is 0. The molecule has 1 aromatic carbocycles. The monoisotopic (exact) mass is 490 g/mol. The molecule has 0 unspecified atom stereocenters. The number of fused-ring (bicyclic) bond motifs is 1. The molecule has 3 aliphatic rings. The molecule has 0 aliphatic heterocycles. The predicted molar refractivity (Wildman–Crippen MR) is 149 cm³/mol. The molecule has 4 rings (SSSR count). The minimum absolute atomic E-state index is 0.250. The lowest BCUT2D eigenvalue weighted by Crippen LogP contribution is -2.37. The molecule has 3 saturated carbocycles. The van der Waals surface area contributed by atoms with E-state index in [1.165, 1.54) is 36.8 Å². The first-order valence-electron chi connectivity index (χ1n) is 13.9. The van der Waals surface area contributed by atoms with E-state index >= 15 is 0 Å². The van der Waals surface area contributed by atoms with Crippen LogP contribution in [0.1, 0.15) is 84.1 Å². The Hall–Kier alpha value is -1.94. The van der Waals surface area contributed by atoms with Gasteiger partial charge in [0.15, 0.2) is 0 Å². The Bertz CT molecular complexity index is 1010. The number of aliphatic hydroxyl groups is 3. The maximum absolute atomic E-state index is 10.4. The number of aliphatic hydroxyl groups excluding tert-OH is 2. The molecule has 3 nitrogen and oxygen atoms in total. The van der Waals surface area contributed by atoms with Gasteiger partial charge >= 0.3 is 0 Å². The van der Waals surface area contributed by atoms with Crippen molar-refractivity contribution in [1.82, 2.24) is 0 Å². The van der Waals surface area contributed by atoms with E-state index in [2.05, 4.69) is 69.0 Å². The van der Waals surface area contributed by atoms with Gasteiger partial charge in [-0.25, -0.2) is 0 Å². The highest BCUT2D eigenvalue weighted by Gasteiger charge is 2.51. The first-order valence-corrected chi connectivity index (χ1v) is 13.9. The van der Waals surface area contributed by atoms with Gasteiger partial charge in [0.1, 0.15) is 0 Å². The molecule has 0 bridgehead atoms. The van der Waals surface area contributed by atoms with Crippen LogP contribution in [0.25, 0.3) is 0 Å². The lowest BCUT2D eigenvalue weighted by atomic mass is 9.59. The van der Waals surface area contributed by atoms with Crippen LogP contribution in [0.15, 0.2) is 77.9 Å². The first-order chi connectivity index (χ1) is 17.0. The zero-order chi connectivity index (χ0) is 26.1. The average Bonchev–Trinajstić information content (AvgIpc) is 3.18. The van der Waals surface area contributed by atoms with Gasteiger partial charge in [-0.1, -0.05) is 80.6 Å². The van der Waals surface area contributed by atoms with Crippen LogP contribution in [0.2, 0.25) is 0 Å². The van der Waals surface area contributed by atoms with E-state index in [1.807, 2.05) is 19.9 Å². The van der Waals surface area contributed by atoms with Crippen molar-refractivity contribution in [3.8, 4) is 0 Å². The molecule has 3 heteroatoms. The fourth-order valence-corrected chi connectivity index (χ4v) is 7.46. The van der Waals surface area contributed by atoms with E-state index in [0.29, 0.717) is 30.6 Å². The van der Waals surface area contributed by atoms with Crippen molar-refractivity contribution in [2.75, 3.05) is 0 Å². The van der Waals surface area contributed by atoms with Crippen LogP contribution >= 0.6 is 0 Å². The van der Waals surface area contributed by atoms with Crippen molar-refractivity contribution in [3.63, 3.8) is 0 Å². The molecule has 1 aromatic rings. The van der Waals surface area contributed by atoms with Gasteiger partial charge in [-0.2, -0.15) is 0 Å². The topological polar surface area (TPSA) is 60.7 Å². The van der Waals surface area contributed by atoms with Crippen molar-refractivity contribution in [1.29, 1.82) is 0 Å². The second kappa shape index (κ2) is 10.8. The first kappa shape index (κ1) is 27.1. The van der Waals surface area contributed by atoms with Crippen LogP contribution in [0.3, 0.4) is 0 Å². The molecule has 0 aromatic heterocycles. The van der Waals surface area contributed by atoms with Crippen LogP contribution in [0, 0.1) is 23.2 Å². The number of hydrogen-bond acceptors (Lipinski definition) is 3. The highest BCUT2D eigenvalue weighted by Crippen LogP contribution is 2.61. The van der Waals surface area contributed by atoms with Gasteiger partial charge in [-0.05, 0) is 92.3 Å². The smallest absolute Gasteiger partial charge is 0.0811 e. The van der Waals surface area contributed by atoms with E-state index in [0.717, 1.165) is 17.6 Å². The van der Waals surface area contributed by atoms with Gasteiger partial charge < -0.3 is 15.3 Å². The second-order valence-electron chi connectivity index (χ2n) is 12.5. The fourth-order valence-electron chi connectivity index (χ4n) is 7.46. The molecule has 0 saturated heterocycles. The highest BCUT2D eigenvalue weighted by molar-refractivity contribution is 5.39. The van der Waals surface area contributed by atoms with Crippen molar-refractivity contribution in [2.45, 2.75) is 96.4 Å². The summed E-state index contributed by atoms with van der Waals surface area (Å²) in [6.45, 7) is 12.7. The van der Waals surface area contributed by atoms with Gasteiger partial charge in [0.25, 0.3) is 0 Å². The quantitative estimate of drug-likeness (QED) is 0.381. The molecule has 36 heavy (non-hydrogen) atoms. The zero-order valence-corrected chi connectivity index (χ0v) is 22.7. The van der Waals surface area contributed by atoms with Gasteiger partial charge in [0, 0.05) is 12.3 Å². The lowest BCUT2D eigenvalue weighted by molar-refractivity contribution is 0.0860. The Morgan fingerprint density at radius 1 is 1.11 bits per heavy atom. The SMILES string of the molecule is C=C1/C(=C\C=C2/CCC[C@]3(C)[C@@H]([C@H](C)[C@@H](/C=C/C(C)(C)O)c4ccccc4)CC[C@@H]23)C[C@@H](O)C[C@@H]1O. The number of rotatable bonds is 6. The highest BCUT2D eigenvalue weighted by atomic mass is 16.3. The summed E-state index contributed by atoms with van der Waals surface area (Å²) in [5, 5.41) is 30.8. The number of hydrogen-bond donors (Lipinski definition) is 3. The van der Waals surface area contributed by atoms with Gasteiger partial charge in [-0.3, -0.25) is 0 Å². The van der Waals surface area contributed by atoms with Crippen molar-refractivity contribution < 1.29 is 15.3 Å². The van der Waals surface area contributed by atoms with Crippen LogP contribution in [-0.2, 0) is 0 Å². The Kier molecular flexibility index (Phi) is 8.14. The summed E-state index contributed by atoms with van der Waals surface area (Å²) in [6.07, 6.45) is 14.5. The summed E-state index contributed by atoms with van der Waals surface area (Å²) in [5.74, 6) is 1.89. The van der Waals surface area contributed by atoms with Gasteiger partial charge in [0.05, 0.1) is 17.8 Å². The molecule has 0 spiro atoms. The van der Waals surface area contributed by atoms with E-state index in [-0.39, 0.29) is 11.3 Å². The molecule has 0 amide bonds. The van der Waals surface area contributed by atoms with E-state index in [9.17, 15) is 15.3 Å². The molecule has 0 radical (unpaired) electrons. The van der Waals surface area contributed by atoms with Crippen molar-refractivity contribution in [2.24, 2.45) is 23.2 Å². The molecule has 7 atom stereocenters.